The van der Waals surface area contributed by atoms with Gasteiger partial charge in [-0.2, -0.15) is 9.97 Å². The second-order valence-electron chi connectivity index (χ2n) is 17.0. The van der Waals surface area contributed by atoms with E-state index in [1.165, 1.54) is 0 Å². The molecular formula is C38H54BrF2N5O3Si. The fraction of sp³-hybridized carbons (Fsp3) is 0.711. The first kappa shape index (κ1) is 37.3. The first-order valence-corrected chi connectivity index (χ1v) is 21.5. The number of halogens is 3. The van der Waals surface area contributed by atoms with Gasteiger partial charge in [-0.3, -0.25) is 9.80 Å². The lowest BCUT2D eigenvalue weighted by atomic mass is 9.95. The summed E-state index contributed by atoms with van der Waals surface area (Å²) >= 11 is 3.55. The molecule has 2 unspecified atom stereocenters. The number of carbonyl (C=O) groups excluding carboxylic acids is 1. The Hall–Kier alpha value is -2.49. The molecule has 2 aromatic rings. The molecule has 4 fully saturated rings. The van der Waals surface area contributed by atoms with Crippen molar-refractivity contribution in [2.75, 3.05) is 37.7 Å². The number of carbonyl (C=O) groups is 1. The number of alkyl halides is 1. The summed E-state index contributed by atoms with van der Waals surface area (Å²) in [6.07, 6.45) is 2.76. The van der Waals surface area contributed by atoms with Crippen LogP contribution < -0.4 is 9.64 Å². The van der Waals surface area contributed by atoms with Crippen molar-refractivity contribution in [1.82, 2.24) is 19.8 Å². The van der Waals surface area contributed by atoms with Gasteiger partial charge in [-0.25, -0.2) is 13.6 Å². The van der Waals surface area contributed by atoms with Gasteiger partial charge in [-0.15, -0.1) is 5.54 Å². The summed E-state index contributed by atoms with van der Waals surface area (Å²) in [6, 6.07) is 1.85. The van der Waals surface area contributed by atoms with Gasteiger partial charge in [0.2, 0.25) is 0 Å². The van der Waals surface area contributed by atoms with E-state index < -0.39 is 31.2 Å². The van der Waals surface area contributed by atoms with Crippen molar-refractivity contribution < 1.29 is 23.0 Å². The molecule has 4 atom stereocenters. The summed E-state index contributed by atoms with van der Waals surface area (Å²) in [5.74, 6) is 3.51. The van der Waals surface area contributed by atoms with Crippen LogP contribution in [-0.2, 0) is 4.74 Å². The molecule has 1 aromatic carbocycles. The van der Waals surface area contributed by atoms with Crippen LogP contribution in [0.4, 0.5) is 19.4 Å². The lowest BCUT2D eigenvalue weighted by Crippen LogP contribution is -2.57. The van der Waals surface area contributed by atoms with E-state index in [1.807, 2.05) is 31.7 Å². The molecule has 4 saturated heterocycles. The number of hydrogen-bond donors (Lipinski definition) is 0. The maximum absolute atomic E-state index is 16.6. The second-order valence-corrected chi connectivity index (χ2v) is 23.3. The van der Waals surface area contributed by atoms with Gasteiger partial charge in [0.25, 0.3) is 0 Å². The Labute approximate surface area is 306 Å². The van der Waals surface area contributed by atoms with Gasteiger partial charge >= 0.3 is 12.1 Å². The average Bonchev–Trinajstić information content (AvgIpc) is 3.64. The summed E-state index contributed by atoms with van der Waals surface area (Å²) in [5.41, 5.74) is 4.77. The normalized spacial score (nSPS) is 25.5. The van der Waals surface area contributed by atoms with Crippen molar-refractivity contribution in [2.45, 2.75) is 140 Å². The molecular weight excluding hydrogens is 720 g/mol. The van der Waals surface area contributed by atoms with Crippen molar-refractivity contribution in [1.29, 1.82) is 0 Å². The van der Waals surface area contributed by atoms with Crippen molar-refractivity contribution in [3.8, 4) is 17.5 Å². The molecule has 6 rings (SSSR count). The Morgan fingerprint density at radius 1 is 1.08 bits per heavy atom. The Bertz CT molecular complexity index is 1650. The van der Waals surface area contributed by atoms with Crippen LogP contribution in [0.2, 0.25) is 16.6 Å². The number of rotatable bonds is 7. The summed E-state index contributed by atoms with van der Waals surface area (Å²) in [7, 11) is -2.10. The molecule has 12 heteroatoms. The minimum Gasteiger partial charge on any atom is -0.461 e. The fourth-order valence-electron chi connectivity index (χ4n) is 9.51. The molecule has 5 heterocycles. The largest absolute Gasteiger partial charge is 0.461 e. The highest BCUT2D eigenvalue weighted by Gasteiger charge is 2.50. The highest BCUT2D eigenvalue weighted by atomic mass is 79.9. The number of benzene rings is 1. The standard InChI is InChI=1S/C38H54BrF2N5O3Si/c1-23(2)50(24(3)4,25(5)6)16-13-26-17-30-33(32(41)31(26)39)42-35(48-22-38-14-10-15-45(38)19-27(40)18-38)43-34(30)44-20-28-11-12-29(21-44)46(28)36(47)49-37(7,8)9/h17,23-25,27-29H,10-12,14-15,18-22H2,1-9H3/t27-,28?,29?,38+/m1/s1. The average molecular weight is 775 g/mol. The molecule has 4 aliphatic heterocycles. The lowest BCUT2D eigenvalue weighted by Gasteiger charge is -2.42. The Balaban J connectivity index is 1.42. The van der Waals surface area contributed by atoms with Crippen LogP contribution in [0.5, 0.6) is 6.01 Å². The maximum atomic E-state index is 16.6. The maximum Gasteiger partial charge on any atom is 0.410 e. The van der Waals surface area contributed by atoms with Crippen LogP contribution in [0.25, 0.3) is 10.9 Å². The summed E-state index contributed by atoms with van der Waals surface area (Å²) in [4.78, 5) is 29.1. The molecule has 274 valence electrons. The zero-order valence-electron chi connectivity index (χ0n) is 31.2. The van der Waals surface area contributed by atoms with E-state index in [0.29, 0.717) is 59.4 Å². The van der Waals surface area contributed by atoms with Crippen LogP contribution in [0.15, 0.2) is 10.5 Å². The fourth-order valence-corrected chi connectivity index (χ4v) is 15.1. The van der Waals surface area contributed by atoms with E-state index >= 15 is 4.39 Å². The van der Waals surface area contributed by atoms with Gasteiger partial charge in [0.1, 0.15) is 37.8 Å². The quantitative estimate of drug-likeness (QED) is 0.206. The third-order valence-corrected chi connectivity index (χ3v) is 18.8. The van der Waals surface area contributed by atoms with Crippen LogP contribution in [0.1, 0.15) is 100.0 Å². The number of piperazine rings is 1. The van der Waals surface area contributed by atoms with Crippen LogP contribution in [-0.4, -0.2) is 96.1 Å². The topological polar surface area (TPSA) is 71.0 Å². The third kappa shape index (κ3) is 6.76. The van der Waals surface area contributed by atoms with Gasteiger partial charge in [0.05, 0.1) is 22.1 Å². The van der Waals surface area contributed by atoms with Gasteiger partial charge in [0.15, 0.2) is 5.82 Å². The first-order chi connectivity index (χ1) is 23.5. The zero-order chi connectivity index (χ0) is 36.3. The van der Waals surface area contributed by atoms with Crippen molar-refractivity contribution in [2.24, 2.45) is 0 Å². The van der Waals surface area contributed by atoms with Crippen molar-refractivity contribution >= 4 is 46.8 Å². The van der Waals surface area contributed by atoms with Crippen molar-refractivity contribution in [3.05, 3.63) is 21.9 Å². The number of fused-ring (bicyclic) bond motifs is 4. The first-order valence-electron chi connectivity index (χ1n) is 18.5. The number of anilines is 1. The minimum absolute atomic E-state index is 0.0711. The highest BCUT2D eigenvalue weighted by Crippen LogP contribution is 2.43. The Kier molecular flexibility index (Phi) is 10.3. The lowest BCUT2D eigenvalue weighted by molar-refractivity contribution is 0.0122. The van der Waals surface area contributed by atoms with Gasteiger partial charge < -0.3 is 14.4 Å². The number of amides is 1. The minimum atomic E-state index is -2.10. The van der Waals surface area contributed by atoms with Crippen molar-refractivity contribution in [3.63, 3.8) is 0 Å². The molecule has 2 bridgehead atoms. The number of ether oxygens (including phenoxy) is 2. The summed E-state index contributed by atoms with van der Waals surface area (Å²) < 4.78 is 43.5. The number of nitrogens with zero attached hydrogens (tertiary/aromatic N) is 5. The SMILES string of the molecule is CC(C)[Si](C#Cc1cc2c(N3CC4CCC(C3)N4C(=O)OC(C)(C)C)nc(OC[C@@]34CCCN3C[C@H](F)C4)nc2c(F)c1Br)(C(C)C)C(C)C. The molecule has 0 saturated carbocycles. The van der Waals surface area contributed by atoms with Gasteiger partial charge in [-0.1, -0.05) is 47.5 Å². The molecule has 4 aliphatic rings. The second kappa shape index (κ2) is 13.8. The summed E-state index contributed by atoms with van der Waals surface area (Å²) in [6.45, 7) is 21.8. The molecule has 0 radical (unpaired) electrons. The summed E-state index contributed by atoms with van der Waals surface area (Å²) in [5, 5.41) is 0.559. The highest BCUT2D eigenvalue weighted by molar-refractivity contribution is 9.10. The predicted molar refractivity (Wildman–Crippen MR) is 201 cm³/mol. The van der Waals surface area contributed by atoms with E-state index in [0.717, 1.165) is 32.2 Å². The van der Waals surface area contributed by atoms with E-state index in [9.17, 15) is 9.18 Å². The molecule has 0 aliphatic carbocycles. The van der Waals surface area contributed by atoms with Crippen LogP contribution in [0.3, 0.4) is 0 Å². The third-order valence-electron chi connectivity index (χ3n) is 11.7. The van der Waals surface area contributed by atoms with E-state index in [-0.39, 0.29) is 40.8 Å². The molecule has 1 aromatic heterocycles. The molecule has 8 nitrogen and oxygen atoms in total. The monoisotopic (exact) mass is 773 g/mol. The smallest absolute Gasteiger partial charge is 0.410 e. The Morgan fingerprint density at radius 3 is 2.32 bits per heavy atom. The van der Waals surface area contributed by atoms with Crippen LogP contribution >= 0.6 is 15.9 Å². The zero-order valence-corrected chi connectivity index (χ0v) is 33.8. The molecule has 0 spiro atoms. The van der Waals surface area contributed by atoms with Gasteiger partial charge in [0, 0.05) is 37.0 Å². The molecule has 1 amide bonds. The Morgan fingerprint density at radius 2 is 1.72 bits per heavy atom. The van der Waals surface area contributed by atoms with Crippen LogP contribution in [0, 0.1) is 17.3 Å². The van der Waals surface area contributed by atoms with Gasteiger partial charge in [-0.05, 0) is 91.6 Å². The van der Waals surface area contributed by atoms with E-state index in [1.54, 1.807) is 0 Å². The van der Waals surface area contributed by atoms with E-state index in [4.69, 9.17) is 14.5 Å². The number of hydrogen-bond acceptors (Lipinski definition) is 7. The molecule has 50 heavy (non-hydrogen) atoms. The number of aromatic nitrogens is 2. The van der Waals surface area contributed by atoms with E-state index in [2.05, 4.69) is 83.7 Å². The molecule has 0 N–H and O–H groups in total. The predicted octanol–water partition coefficient (Wildman–Crippen LogP) is 8.64.